The van der Waals surface area contributed by atoms with Gasteiger partial charge in [-0.15, -0.1) is 0 Å². The number of carbonyl (C=O) groups is 5. The van der Waals surface area contributed by atoms with Crippen LogP contribution in [-0.4, -0.2) is 92.3 Å². The molecule has 0 spiro atoms. The van der Waals surface area contributed by atoms with Gasteiger partial charge in [0.25, 0.3) is 0 Å². The van der Waals surface area contributed by atoms with E-state index in [1.807, 2.05) is 6.92 Å². The molecule has 0 saturated heterocycles. The fourth-order valence-corrected chi connectivity index (χ4v) is 10.1. The average Bonchev–Trinajstić information content (AvgIpc) is 3.36. The molecule has 48 heavy (non-hydrogen) atoms. The standard InChI is InChI=1S/C37H59NO10/c1-24(39)28-11-12-29-27-10-9-26-21-35(5,15-16-36(26,6)30(27)13-14-37(28,29)7)48-32(42)23-46-33(43)34(3,4)47-31(41)22-38(17-19-44-8)18-20-45-25(2)40/h26-30H,9-23H2,1-8H3/t26?,27-,28+,29?,30?,35+,36-,37+/m0/s1. The molecule has 0 amide bonds. The van der Waals surface area contributed by atoms with E-state index < -0.39 is 41.7 Å². The van der Waals surface area contributed by atoms with Crippen molar-refractivity contribution in [1.82, 2.24) is 4.90 Å². The molecule has 4 saturated carbocycles. The smallest absolute Gasteiger partial charge is 0.350 e. The highest BCUT2D eigenvalue weighted by molar-refractivity contribution is 5.85. The summed E-state index contributed by atoms with van der Waals surface area (Å²) in [5, 5.41) is 0. The van der Waals surface area contributed by atoms with Crippen LogP contribution in [0.15, 0.2) is 0 Å². The van der Waals surface area contributed by atoms with Crippen molar-refractivity contribution in [2.24, 2.45) is 40.4 Å². The second kappa shape index (κ2) is 15.2. The Balaban J connectivity index is 1.26. The number of ketones is 1. The molecule has 272 valence electrons. The zero-order valence-corrected chi connectivity index (χ0v) is 30.5. The molecule has 0 aliphatic heterocycles. The van der Waals surface area contributed by atoms with Gasteiger partial charge < -0.3 is 23.7 Å². The first kappa shape index (κ1) is 38.3. The van der Waals surface area contributed by atoms with Crippen molar-refractivity contribution in [3.05, 3.63) is 0 Å². The number of ether oxygens (including phenoxy) is 5. The second-order valence-electron chi connectivity index (χ2n) is 16.2. The van der Waals surface area contributed by atoms with Crippen LogP contribution >= 0.6 is 0 Å². The second-order valence-corrected chi connectivity index (χ2v) is 16.2. The van der Waals surface area contributed by atoms with Gasteiger partial charge in [0.05, 0.1) is 13.2 Å². The summed E-state index contributed by atoms with van der Waals surface area (Å²) in [5.41, 5.74) is -1.95. The van der Waals surface area contributed by atoms with Crippen molar-refractivity contribution in [3.8, 4) is 0 Å². The Hall–Kier alpha value is -2.53. The first-order chi connectivity index (χ1) is 22.4. The van der Waals surface area contributed by atoms with Gasteiger partial charge in [0.1, 0.15) is 18.0 Å². The van der Waals surface area contributed by atoms with Crippen LogP contribution in [0.4, 0.5) is 0 Å². The Labute approximate surface area is 286 Å². The van der Waals surface area contributed by atoms with Gasteiger partial charge >= 0.3 is 23.9 Å². The summed E-state index contributed by atoms with van der Waals surface area (Å²) >= 11 is 0. The number of Topliss-reactive ketones (excluding diaryl/α,β-unsaturated/α-hetero) is 1. The maximum Gasteiger partial charge on any atom is 0.350 e. The van der Waals surface area contributed by atoms with Crippen LogP contribution in [-0.2, 0) is 47.7 Å². The fourth-order valence-electron chi connectivity index (χ4n) is 10.1. The average molecular weight is 678 g/mol. The summed E-state index contributed by atoms with van der Waals surface area (Å²) in [5.74, 6) is 0.368. The number of hydrogen-bond acceptors (Lipinski definition) is 11. The van der Waals surface area contributed by atoms with Crippen molar-refractivity contribution in [3.63, 3.8) is 0 Å². The highest BCUT2D eigenvalue weighted by Crippen LogP contribution is 2.68. The molecule has 11 nitrogen and oxygen atoms in total. The number of hydrogen-bond donors (Lipinski definition) is 0. The lowest BCUT2D eigenvalue weighted by Gasteiger charge is -2.62. The van der Waals surface area contributed by atoms with E-state index in [1.54, 1.807) is 11.8 Å². The number of esters is 4. The Morgan fingerprint density at radius 3 is 2.15 bits per heavy atom. The molecule has 0 aromatic rings. The largest absolute Gasteiger partial charge is 0.465 e. The lowest BCUT2D eigenvalue weighted by Crippen LogP contribution is -2.56. The van der Waals surface area contributed by atoms with E-state index in [0.717, 1.165) is 44.9 Å². The first-order valence-corrected chi connectivity index (χ1v) is 17.9. The van der Waals surface area contributed by atoms with E-state index >= 15 is 0 Å². The minimum absolute atomic E-state index is 0.0996. The molecular weight excluding hydrogens is 618 g/mol. The molecule has 4 aliphatic carbocycles. The number of fused-ring (bicyclic) bond motifs is 5. The molecule has 3 unspecified atom stereocenters. The number of carbonyl (C=O) groups excluding carboxylic acids is 5. The Kier molecular flexibility index (Phi) is 12.1. The molecule has 4 fully saturated rings. The summed E-state index contributed by atoms with van der Waals surface area (Å²) in [6.07, 6.45) is 9.27. The van der Waals surface area contributed by atoms with Crippen molar-refractivity contribution in [2.75, 3.05) is 46.6 Å². The topological polar surface area (TPSA) is 135 Å². The van der Waals surface area contributed by atoms with Crippen molar-refractivity contribution in [2.45, 2.75) is 117 Å². The summed E-state index contributed by atoms with van der Waals surface area (Å²) in [6.45, 7) is 13.2. The van der Waals surface area contributed by atoms with E-state index in [9.17, 15) is 24.0 Å². The van der Waals surface area contributed by atoms with E-state index in [0.29, 0.717) is 42.6 Å². The third-order valence-corrected chi connectivity index (χ3v) is 12.6. The van der Waals surface area contributed by atoms with Crippen LogP contribution in [0.3, 0.4) is 0 Å². The van der Waals surface area contributed by atoms with Crippen LogP contribution in [0.1, 0.15) is 106 Å². The first-order valence-electron chi connectivity index (χ1n) is 17.9. The van der Waals surface area contributed by atoms with Gasteiger partial charge in [0, 0.05) is 33.0 Å². The van der Waals surface area contributed by atoms with Crippen LogP contribution in [0, 0.1) is 40.4 Å². The maximum atomic E-state index is 13.0. The summed E-state index contributed by atoms with van der Waals surface area (Å²) in [7, 11) is 1.54. The van der Waals surface area contributed by atoms with E-state index in [-0.39, 0.29) is 36.4 Å². The van der Waals surface area contributed by atoms with Crippen molar-refractivity contribution < 1.29 is 47.7 Å². The fraction of sp³-hybridized carbons (Fsp3) is 0.865. The quantitative estimate of drug-likeness (QED) is 0.183. The predicted molar refractivity (Wildman–Crippen MR) is 176 cm³/mol. The van der Waals surface area contributed by atoms with Crippen LogP contribution in [0.25, 0.3) is 0 Å². The molecule has 8 atom stereocenters. The van der Waals surface area contributed by atoms with Gasteiger partial charge in [-0.05, 0) is 120 Å². The Bertz CT molecular complexity index is 1220. The highest BCUT2D eigenvalue weighted by atomic mass is 16.6. The molecule has 4 rings (SSSR count). The maximum absolute atomic E-state index is 13.0. The van der Waals surface area contributed by atoms with Crippen LogP contribution in [0.2, 0.25) is 0 Å². The van der Waals surface area contributed by atoms with E-state index in [1.165, 1.54) is 40.7 Å². The lowest BCUT2D eigenvalue weighted by atomic mass is 9.44. The molecule has 0 aromatic heterocycles. The van der Waals surface area contributed by atoms with E-state index in [2.05, 4.69) is 13.8 Å². The van der Waals surface area contributed by atoms with Gasteiger partial charge in [-0.3, -0.25) is 19.3 Å². The zero-order chi connectivity index (χ0) is 35.5. The highest BCUT2D eigenvalue weighted by Gasteiger charge is 2.62. The predicted octanol–water partition coefficient (Wildman–Crippen LogP) is 4.91. The molecule has 0 bridgehead atoms. The summed E-state index contributed by atoms with van der Waals surface area (Å²) in [6, 6.07) is 0. The third-order valence-electron chi connectivity index (χ3n) is 12.6. The van der Waals surface area contributed by atoms with Crippen LogP contribution < -0.4 is 0 Å². The van der Waals surface area contributed by atoms with Gasteiger partial charge in [-0.25, -0.2) is 9.59 Å². The monoisotopic (exact) mass is 677 g/mol. The minimum Gasteiger partial charge on any atom is -0.465 e. The minimum atomic E-state index is -1.63. The molecule has 0 aromatic carbocycles. The van der Waals surface area contributed by atoms with E-state index in [4.69, 9.17) is 23.7 Å². The summed E-state index contributed by atoms with van der Waals surface area (Å²) in [4.78, 5) is 63.8. The van der Waals surface area contributed by atoms with Gasteiger partial charge in [0.15, 0.2) is 6.61 Å². The normalized spacial score (nSPS) is 34.3. The third kappa shape index (κ3) is 8.42. The van der Waals surface area contributed by atoms with Crippen molar-refractivity contribution in [1.29, 1.82) is 0 Å². The Morgan fingerprint density at radius 2 is 1.48 bits per heavy atom. The molecule has 0 heterocycles. The number of rotatable bonds is 14. The van der Waals surface area contributed by atoms with Gasteiger partial charge in [0.2, 0.25) is 5.60 Å². The van der Waals surface area contributed by atoms with Crippen LogP contribution in [0.5, 0.6) is 0 Å². The van der Waals surface area contributed by atoms with Crippen molar-refractivity contribution >= 4 is 29.7 Å². The molecule has 4 aliphatic rings. The van der Waals surface area contributed by atoms with Gasteiger partial charge in [-0.2, -0.15) is 0 Å². The SMILES string of the molecule is COCCN(CCOC(C)=O)CC(=O)OC(C)(C)C(=O)OCC(=O)O[C@]1(C)CC[C@@]2(C)C(CC[C@@H]3C2CC[C@@]2(C)C3CC[C@@H]2C(C)=O)C1. The number of methoxy groups -OCH3 is 1. The molecular formula is C37H59NO10. The molecule has 0 radical (unpaired) electrons. The summed E-state index contributed by atoms with van der Waals surface area (Å²) < 4.78 is 26.8. The molecule has 0 N–H and O–H groups in total. The zero-order valence-electron chi connectivity index (χ0n) is 30.5. The molecule has 11 heteroatoms. The van der Waals surface area contributed by atoms with Gasteiger partial charge in [-0.1, -0.05) is 13.8 Å². The Morgan fingerprint density at radius 1 is 0.792 bits per heavy atom. The lowest BCUT2D eigenvalue weighted by molar-refractivity contribution is -0.191. The number of nitrogens with zero attached hydrogens (tertiary/aromatic N) is 1.